The van der Waals surface area contributed by atoms with E-state index in [4.69, 9.17) is 4.42 Å². The van der Waals surface area contributed by atoms with Crippen LogP contribution in [-0.4, -0.2) is 60.9 Å². The van der Waals surface area contributed by atoms with Crippen molar-refractivity contribution in [3.05, 3.63) is 23.4 Å². The Balaban J connectivity index is 1.30. The predicted octanol–water partition coefficient (Wildman–Crippen LogP) is 1.48. The van der Waals surface area contributed by atoms with Crippen LogP contribution in [0, 0.1) is 6.92 Å². The number of hydrogen-bond donors (Lipinski definition) is 0. The average molecular weight is 345 g/mol. The van der Waals surface area contributed by atoms with E-state index in [0.717, 1.165) is 56.0 Å². The molecular weight excluding hydrogens is 318 g/mol. The molecule has 136 valence electrons. The standard InChI is InChI=1S/C17H27N7O/c1-12-18-19-15(23(12)3)10-22(2)14-7-8-24(9-14)11-16-20-21-17(25-16)13-5-4-6-13/h13-14H,4-11H2,1-3H3/t14-/m1/s1. The monoisotopic (exact) mass is 345 g/mol. The lowest BCUT2D eigenvalue weighted by molar-refractivity contribution is 0.208. The first kappa shape index (κ1) is 16.7. The van der Waals surface area contributed by atoms with Crippen molar-refractivity contribution in [1.29, 1.82) is 0 Å². The number of likely N-dealkylation sites (N-methyl/N-ethyl adjacent to an activating group) is 1. The minimum Gasteiger partial charge on any atom is -0.424 e. The summed E-state index contributed by atoms with van der Waals surface area (Å²) in [6, 6.07) is 0.519. The first-order valence-electron chi connectivity index (χ1n) is 9.20. The molecule has 1 saturated carbocycles. The Morgan fingerprint density at radius 1 is 1.16 bits per heavy atom. The highest BCUT2D eigenvalue weighted by Gasteiger charge is 2.29. The van der Waals surface area contributed by atoms with E-state index in [1.54, 1.807) is 0 Å². The molecule has 3 heterocycles. The molecule has 0 spiro atoms. The van der Waals surface area contributed by atoms with Crippen molar-refractivity contribution in [3.8, 4) is 0 Å². The molecule has 1 aliphatic heterocycles. The van der Waals surface area contributed by atoms with Gasteiger partial charge in [0.2, 0.25) is 11.8 Å². The van der Waals surface area contributed by atoms with Gasteiger partial charge in [-0.1, -0.05) is 6.42 Å². The predicted molar refractivity (Wildman–Crippen MR) is 91.8 cm³/mol. The number of hydrogen-bond acceptors (Lipinski definition) is 7. The Bertz CT molecular complexity index is 720. The van der Waals surface area contributed by atoms with E-state index >= 15 is 0 Å². The maximum atomic E-state index is 5.86. The Morgan fingerprint density at radius 2 is 2.00 bits per heavy atom. The van der Waals surface area contributed by atoms with E-state index in [1.165, 1.54) is 19.3 Å². The van der Waals surface area contributed by atoms with Crippen LogP contribution in [-0.2, 0) is 20.1 Å². The molecule has 25 heavy (non-hydrogen) atoms. The summed E-state index contributed by atoms with van der Waals surface area (Å²) < 4.78 is 7.92. The Kier molecular flexibility index (Phi) is 4.56. The molecule has 2 aliphatic rings. The minimum absolute atomic E-state index is 0.508. The quantitative estimate of drug-likeness (QED) is 0.785. The molecule has 2 fully saturated rings. The Hall–Kier alpha value is -1.80. The number of likely N-dealkylation sites (tertiary alicyclic amines) is 1. The largest absolute Gasteiger partial charge is 0.424 e. The number of nitrogens with zero attached hydrogens (tertiary/aromatic N) is 7. The molecule has 0 bridgehead atoms. The lowest BCUT2D eigenvalue weighted by atomic mass is 9.85. The molecule has 0 amide bonds. The summed E-state index contributed by atoms with van der Waals surface area (Å²) in [6.07, 6.45) is 4.82. The molecule has 0 radical (unpaired) electrons. The number of aromatic nitrogens is 5. The smallest absolute Gasteiger partial charge is 0.230 e. The summed E-state index contributed by atoms with van der Waals surface area (Å²) in [5.41, 5.74) is 0. The third kappa shape index (κ3) is 3.46. The van der Waals surface area contributed by atoms with Gasteiger partial charge in [0.25, 0.3) is 0 Å². The molecule has 4 rings (SSSR count). The van der Waals surface area contributed by atoms with Crippen molar-refractivity contribution in [2.45, 2.75) is 57.7 Å². The zero-order valence-electron chi connectivity index (χ0n) is 15.4. The van der Waals surface area contributed by atoms with E-state index in [1.807, 2.05) is 14.0 Å². The molecule has 2 aromatic heterocycles. The van der Waals surface area contributed by atoms with E-state index in [9.17, 15) is 0 Å². The Morgan fingerprint density at radius 3 is 2.68 bits per heavy atom. The topological polar surface area (TPSA) is 76.1 Å². The molecule has 0 unspecified atom stereocenters. The summed E-state index contributed by atoms with van der Waals surface area (Å²) in [5.74, 6) is 4.07. The van der Waals surface area contributed by atoms with Crippen LogP contribution < -0.4 is 0 Å². The highest BCUT2D eigenvalue weighted by molar-refractivity contribution is 4.97. The van der Waals surface area contributed by atoms with Gasteiger partial charge in [-0.25, -0.2) is 0 Å². The zero-order valence-corrected chi connectivity index (χ0v) is 15.4. The van der Waals surface area contributed by atoms with Crippen molar-refractivity contribution in [3.63, 3.8) is 0 Å². The molecule has 0 N–H and O–H groups in total. The van der Waals surface area contributed by atoms with Gasteiger partial charge in [0.1, 0.15) is 11.6 Å². The van der Waals surface area contributed by atoms with E-state index in [-0.39, 0.29) is 0 Å². The number of aryl methyl sites for hydroxylation is 1. The van der Waals surface area contributed by atoms with Crippen LogP contribution >= 0.6 is 0 Å². The summed E-state index contributed by atoms with van der Waals surface area (Å²) in [6.45, 7) is 5.65. The molecular formula is C17H27N7O. The third-order valence-electron chi connectivity index (χ3n) is 5.74. The first-order chi connectivity index (χ1) is 12.1. The fraction of sp³-hybridized carbons (Fsp3) is 0.765. The molecule has 1 saturated heterocycles. The van der Waals surface area contributed by atoms with Gasteiger partial charge in [0, 0.05) is 32.1 Å². The third-order valence-corrected chi connectivity index (χ3v) is 5.74. The van der Waals surface area contributed by atoms with Crippen molar-refractivity contribution >= 4 is 0 Å². The summed E-state index contributed by atoms with van der Waals surface area (Å²) in [7, 11) is 4.19. The van der Waals surface area contributed by atoms with Gasteiger partial charge in [0.05, 0.1) is 13.1 Å². The summed E-state index contributed by atoms with van der Waals surface area (Å²) >= 11 is 0. The van der Waals surface area contributed by atoms with Crippen molar-refractivity contribution < 1.29 is 4.42 Å². The lowest BCUT2D eigenvalue weighted by Gasteiger charge is -2.24. The lowest BCUT2D eigenvalue weighted by Crippen LogP contribution is -2.34. The zero-order chi connectivity index (χ0) is 17.4. The molecule has 1 atom stereocenters. The van der Waals surface area contributed by atoms with Gasteiger partial charge in [-0.15, -0.1) is 20.4 Å². The highest BCUT2D eigenvalue weighted by Crippen LogP contribution is 2.35. The van der Waals surface area contributed by atoms with Crippen molar-refractivity contribution in [2.75, 3.05) is 20.1 Å². The Labute approximate surface area is 148 Å². The van der Waals surface area contributed by atoms with Crippen LogP contribution in [0.2, 0.25) is 0 Å². The van der Waals surface area contributed by atoms with Crippen LogP contribution in [0.4, 0.5) is 0 Å². The molecule has 0 aromatic carbocycles. The maximum Gasteiger partial charge on any atom is 0.230 e. The molecule has 8 nitrogen and oxygen atoms in total. The van der Waals surface area contributed by atoms with Crippen molar-refractivity contribution in [2.24, 2.45) is 7.05 Å². The van der Waals surface area contributed by atoms with Crippen LogP contribution in [0.5, 0.6) is 0 Å². The van der Waals surface area contributed by atoms with Crippen LogP contribution in [0.25, 0.3) is 0 Å². The molecule has 8 heteroatoms. The number of rotatable bonds is 6. The first-order valence-corrected chi connectivity index (χ1v) is 9.20. The highest BCUT2D eigenvalue weighted by atomic mass is 16.4. The fourth-order valence-electron chi connectivity index (χ4n) is 3.60. The second-order valence-electron chi connectivity index (χ2n) is 7.48. The second kappa shape index (κ2) is 6.84. The molecule has 1 aliphatic carbocycles. The fourth-order valence-corrected chi connectivity index (χ4v) is 3.60. The summed E-state index contributed by atoms with van der Waals surface area (Å²) in [5, 5.41) is 16.9. The van der Waals surface area contributed by atoms with Gasteiger partial charge in [-0.05, 0) is 33.2 Å². The van der Waals surface area contributed by atoms with Crippen LogP contribution in [0.1, 0.15) is 55.0 Å². The van der Waals surface area contributed by atoms with Gasteiger partial charge in [0.15, 0.2) is 0 Å². The van der Waals surface area contributed by atoms with E-state index in [0.29, 0.717) is 12.0 Å². The normalized spacial score (nSPS) is 22.0. The van der Waals surface area contributed by atoms with Crippen LogP contribution in [0.15, 0.2) is 4.42 Å². The van der Waals surface area contributed by atoms with Gasteiger partial charge in [-0.2, -0.15) is 0 Å². The van der Waals surface area contributed by atoms with E-state index in [2.05, 4.69) is 41.8 Å². The average Bonchev–Trinajstić information content (AvgIpc) is 3.24. The summed E-state index contributed by atoms with van der Waals surface area (Å²) in [4.78, 5) is 4.78. The van der Waals surface area contributed by atoms with Crippen LogP contribution in [0.3, 0.4) is 0 Å². The van der Waals surface area contributed by atoms with Gasteiger partial charge < -0.3 is 8.98 Å². The second-order valence-corrected chi connectivity index (χ2v) is 7.48. The molecule has 2 aromatic rings. The van der Waals surface area contributed by atoms with Gasteiger partial charge in [-0.3, -0.25) is 9.80 Å². The van der Waals surface area contributed by atoms with E-state index < -0.39 is 0 Å². The SMILES string of the molecule is Cc1nnc(CN(C)[C@@H]2CCN(Cc3nnc(C4CCC4)o3)C2)n1C. The van der Waals surface area contributed by atoms with Gasteiger partial charge >= 0.3 is 0 Å². The van der Waals surface area contributed by atoms with Crippen molar-refractivity contribution in [1.82, 2.24) is 34.8 Å². The maximum absolute atomic E-state index is 5.86. The minimum atomic E-state index is 0.508.